The van der Waals surface area contributed by atoms with E-state index >= 15 is 0 Å². The topological polar surface area (TPSA) is 246 Å². The summed E-state index contributed by atoms with van der Waals surface area (Å²) in [5.41, 5.74) is 3.26. The normalized spacial score (nSPS) is 16.9. The Balaban J connectivity index is 1.04. The first kappa shape index (κ1) is 50.3. The van der Waals surface area contributed by atoms with Crippen molar-refractivity contribution in [2.75, 3.05) is 47.7 Å². The number of carbonyl (C=O) groups excluding carboxylic acids is 5. The van der Waals surface area contributed by atoms with Gasteiger partial charge in [0.2, 0.25) is 5.91 Å². The van der Waals surface area contributed by atoms with Gasteiger partial charge < -0.3 is 28.7 Å². The summed E-state index contributed by atoms with van der Waals surface area (Å²) in [6.45, 7) is 0.954. The van der Waals surface area contributed by atoms with Gasteiger partial charge >= 0.3 is 15.6 Å². The number of benzene rings is 4. The van der Waals surface area contributed by atoms with E-state index in [0.717, 1.165) is 16.0 Å². The number of rotatable bonds is 19. The van der Waals surface area contributed by atoms with Gasteiger partial charge in [-0.2, -0.15) is 0 Å². The first-order valence-corrected chi connectivity index (χ1v) is 26.3. The molecule has 4 aromatic carbocycles. The largest absolute Gasteiger partial charge is 0.524 e. The number of anilines is 2. The fraction of sp³-hybridized carbons (Fsp3) is 0.271. The second-order valence-corrected chi connectivity index (χ2v) is 19.7. The third kappa shape index (κ3) is 11.1. The van der Waals surface area contributed by atoms with Gasteiger partial charge in [0.15, 0.2) is 0 Å². The number of nitrogens with one attached hydrogen (secondary N) is 1. The van der Waals surface area contributed by atoms with Gasteiger partial charge in [-0.25, -0.2) is 9.13 Å². The maximum absolute atomic E-state index is 14.1. The summed E-state index contributed by atoms with van der Waals surface area (Å²) in [6, 6.07) is 20.1. The van der Waals surface area contributed by atoms with Gasteiger partial charge in [-0.3, -0.25) is 48.4 Å². The van der Waals surface area contributed by atoms with E-state index in [2.05, 4.69) is 5.32 Å². The van der Waals surface area contributed by atoms with E-state index in [0.29, 0.717) is 63.6 Å². The van der Waals surface area contributed by atoms with Gasteiger partial charge in [0, 0.05) is 121 Å². The second kappa shape index (κ2) is 21.1. The number of alkyl halides is 2. The minimum atomic E-state index is -4.99. The highest BCUT2D eigenvalue weighted by Gasteiger charge is 2.36. The lowest BCUT2D eigenvalue weighted by molar-refractivity contribution is -0.137. The van der Waals surface area contributed by atoms with Crippen LogP contribution in [0.2, 0.25) is 0 Å². The molecule has 366 valence electrons. The average Bonchev–Trinajstić information content (AvgIpc) is 4.09. The van der Waals surface area contributed by atoms with Crippen molar-refractivity contribution in [3.63, 3.8) is 0 Å². The molecule has 0 aliphatic carbocycles. The highest BCUT2D eigenvalue weighted by atomic mass is 35.5. The van der Waals surface area contributed by atoms with E-state index in [-0.39, 0.29) is 92.0 Å². The second-order valence-electron chi connectivity index (χ2n) is 16.8. The number of carbonyl (C=O) groups is 5. The number of amides is 5. The summed E-state index contributed by atoms with van der Waals surface area (Å²) in [5.74, 6) is -2.41. The molecule has 0 fully saturated rings. The Morgan fingerprint density at radius 1 is 0.657 bits per heavy atom. The molecular weight excluding hydrogens is 987 g/mol. The molecule has 70 heavy (non-hydrogen) atoms. The van der Waals surface area contributed by atoms with Crippen LogP contribution < -0.4 is 24.2 Å². The van der Waals surface area contributed by atoms with Crippen LogP contribution in [-0.4, -0.2) is 96.5 Å². The summed E-state index contributed by atoms with van der Waals surface area (Å²) in [7, 11) is -9.98. The molecule has 5 aromatic rings. The maximum Gasteiger partial charge on any atom is 0.524 e. The zero-order valence-corrected chi connectivity index (χ0v) is 40.5. The monoisotopic (exact) mass is 1030 g/mol. The first-order chi connectivity index (χ1) is 33.4. The van der Waals surface area contributed by atoms with Crippen molar-refractivity contribution >= 4 is 113 Å². The number of hydrogen-bond donors (Lipinski definition) is 5. The minimum absolute atomic E-state index is 0.104. The molecule has 5 amide bonds. The number of hydrogen-bond acceptors (Lipinski definition) is 9. The lowest BCUT2D eigenvalue weighted by atomic mass is 9.95. The van der Waals surface area contributed by atoms with Crippen molar-refractivity contribution in [3.05, 3.63) is 120 Å². The van der Waals surface area contributed by atoms with Crippen molar-refractivity contribution in [3.8, 4) is 11.5 Å². The molecule has 0 saturated heterocycles. The predicted molar refractivity (Wildman–Crippen MR) is 265 cm³/mol. The number of phosphoric acid groups is 2. The Labute approximate surface area is 411 Å². The maximum atomic E-state index is 14.1. The Bertz CT molecular complexity index is 2920. The van der Waals surface area contributed by atoms with Gasteiger partial charge in [0.25, 0.3) is 23.6 Å². The lowest BCUT2D eigenvalue weighted by Gasteiger charge is -2.18. The average molecular weight is 1030 g/mol. The fourth-order valence-electron chi connectivity index (χ4n) is 9.22. The zero-order chi connectivity index (χ0) is 49.9. The van der Waals surface area contributed by atoms with Gasteiger partial charge in [0.1, 0.15) is 11.5 Å². The third-order valence-corrected chi connectivity index (χ3v) is 13.9. The van der Waals surface area contributed by atoms with Gasteiger partial charge in [-0.1, -0.05) is 55.0 Å². The Morgan fingerprint density at radius 3 is 1.56 bits per heavy atom. The Hall–Kier alpha value is -6.07. The van der Waals surface area contributed by atoms with Crippen LogP contribution in [0.5, 0.6) is 11.5 Å². The van der Waals surface area contributed by atoms with Crippen molar-refractivity contribution in [1.82, 2.24) is 14.8 Å². The molecule has 22 heteroatoms. The summed E-state index contributed by atoms with van der Waals surface area (Å²) < 4.78 is 35.9. The molecule has 18 nitrogen and oxygen atoms in total. The molecule has 3 aliphatic rings. The highest BCUT2D eigenvalue weighted by molar-refractivity contribution is 7.47. The van der Waals surface area contributed by atoms with E-state index in [1.54, 1.807) is 77.4 Å². The lowest BCUT2D eigenvalue weighted by Crippen LogP contribution is -2.31. The first-order valence-electron chi connectivity index (χ1n) is 22.2. The summed E-state index contributed by atoms with van der Waals surface area (Å²) >= 11 is 12.9. The van der Waals surface area contributed by atoms with Crippen LogP contribution in [0.3, 0.4) is 0 Å². The number of fused-ring (bicyclic) bond motifs is 6. The molecular formula is C48H47Cl2N5O13P2. The van der Waals surface area contributed by atoms with Crippen LogP contribution >= 0.6 is 38.8 Å². The van der Waals surface area contributed by atoms with E-state index in [1.807, 2.05) is 0 Å². The van der Waals surface area contributed by atoms with Gasteiger partial charge in [-0.15, -0.1) is 23.2 Å². The summed E-state index contributed by atoms with van der Waals surface area (Å²) in [5, 5.41) is 5.05. The van der Waals surface area contributed by atoms with Crippen LogP contribution in [0.15, 0.2) is 97.1 Å². The standard InChI is InChI=1S/C48H47Cl2N5O13P2/c49-26-30-28-54(38-24-40(67-69(61,62)63)34-8-3-5-10-36(34)47(30)38)45(59)17-15-32-13-14-33(52(32)23-21-51-42(56)12-2-1-7-22-53-43(57)19-20-44(53)58)16-18-46(60)55-29-31(27-50)48-37-11-6-4-9-35(37)41(25-39(48)55)68-70(64,65)66/h3-6,8-11,13-20,24-25,30-31H,1-2,7,12,21-23,26-29H2,(H,51,56)(H2,61,62,63)(H2,64,65,66)/b17-15+,18-16+/t30-,31-/m1/s1. The molecule has 0 bridgehead atoms. The summed E-state index contributed by atoms with van der Waals surface area (Å²) in [6.07, 6.45) is 10.2. The van der Waals surface area contributed by atoms with Gasteiger partial charge in [0.05, 0.1) is 11.4 Å². The molecule has 0 spiro atoms. The van der Waals surface area contributed by atoms with Crippen molar-refractivity contribution in [2.45, 2.75) is 44.1 Å². The molecule has 0 radical (unpaired) electrons. The molecule has 0 unspecified atom stereocenters. The third-order valence-electron chi connectivity index (χ3n) is 12.3. The number of phosphoric ester groups is 2. The van der Waals surface area contributed by atoms with Crippen molar-refractivity contribution in [1.29, 1.82) is 0 Å². The summed E-state index contributed by atoms with van der Waals surface area (Å²) in [4.78, 5) is 108. The molecule has 5 N–H and O–H groups in total. The van der Waals surface area contributed by atoms with Crippen LogP contribution in [-0.2, 0) is 39.6 Å². The van der Waals surface area contributed by atoms with E-state index in [9.17, 15) is 52.7 Å². The quantitative estimate of drug-likeness (QED) is 0.0182. The van der Waals surface area contributed by atoms with E-state index < -0.39 is 27.5 Å². The SMILES string of the molecule is O=C(CCCCCN1C(=O)C=CC1=O)NCCn1c(/C=C/C(=O)N2C[C@@H](CCl)c3c2cc(OP(=O)(O)O)c2ccccc32)ccc1/C=C/C(=O)N1C[C@@H](CCl)c2c1cc(OP(=O)(O)O)c1ccccc21. The van der Waals surface area contributed by atoms with Gasteiger partial charge in [-0.05, 0) is 59.0 Å². The molecule has 4 heterocycles. The van der Waals surface area contributed by atoms with Crippen molar-refractivity contribution in [2.24, 2.45) is 0 Å². The molecule has 1 aromatic heterocycles. The van der Waals surface area contributed by atoms with E-state index in [1.165, 1.54) is 46.2 Å². The van der Waals surface area contributed by atoms with Crippen molar-refractivity contribution < 1.29 is 61.7 Å². The van der Waals surface area contributed by atoms with Crippen LogP contribution in [0.1, 0.15) is 60.0 Å². The molecule has 3 aliphatic heterocycles. The van der Waals surface area contributed by atoms with Crippen LogP contribution in [0.4, 0.5) is 11.4 Å². The minimum Gasteiger partial charge on any atom is -0.404 e. The molecule has 8 rings (SSSR count). The van der Waals surface area contributed by atoms with E-state index in [4.69, 9.17) is 32.2 Å². The fourth-order valence-corrected chi connectivity index (χ4v) is 10.5. The smallest absolute Gasteiger partial charge is 0.404 e. The Kier molecular flexibility index (Phi) is 15.2. The van der Waals surface area contributed by atoms with Crippen LogP contribution in [0, 0.1) is 0 Å². The Morgan fingerprint density at radius 2 is 1.11 bits per heavy atom. The number of nitrogens with zero attached hydrogens (tertiary/aromatic N) is 4. The number of halogens is 2. The molecule has 2 atom stereocenters. The van der Waals surface area contributed by atoms with Crippen LogP contribution in [0.25, 0.3) is 33.7 Å². The highest BCUT2D eigenvalue weighted by Crippen LogP contribution is 2.51. The number of aromatic nitrogens is 1. The molecule has 0 saturated carbocycles. The zero-order valence-electron chi connectivity index (χ0n) is 37.2. The predicted octanol–water partition coefficient (Wildman–Crippen LogP) is 7.10. The number of unbranched alkanes of at least 4 members (excludes halogenated alkanes) is 2. The number of imide groups is 1.